The number of aldehydes is 1. The van der Waals surface area contributed by atoms with E-state index in [1.54, 1.807) is 0 Å². The molecule has 16 heavy (non-hydrogen) atoms. The molecule has 0 aliphatic heterocycles. The van der Waals surface area contributed by atoms with Crippen LogP contribution in [0, 0.1) is 0 Å². The Morgan fingerprint density at radius 1 is 1.19 bits per heavy atom. The summed E-state index contributed by atoms with van der Waals surface area (Å²) in [5.74, 6) is -2.11. The summed E-state index contributed by atoms with van der Waals surface area (Å²) in [6, 6.07) is 1.56. The minimum atomic E-state index is -4.77. The molecule has 0 unspecified atom stereocenters. The lowest BCUT2D eigenvalue weighted by Gasteiger charge is -2.10. The lowest BCUT2D eigenvalue weighted by atomic mass is 10.1. The van der Waals surface area contributed by atoms with E-state index in [-0.39, 0.29) is 5.56 Å². The molecule has 0 saturated carbocycles. The van der Waals surface area contributed by atoms with Gasteiger partial charge in [-0.15, -0.1) is 0 Å². The van der Waals surface area contributed by atoms with Gasteiger partial charge in [-0.25, -0.2) is 0 Å². The standard InChI is InChI=1S/C10H7F3O3/c11-10(12,13)7-4-6(2-1-3-14)5-8(15)9(7)16/h1-5,15-16H/b2-1+. The normalized spacial score (nSPS) is 11.9. The van der Waals surface area contributed by atoms with Gasteiger partial charge in [0.15, 0.2) is 11.5 Å². The molecule has 0 heterocycles. The first-order valence-corrected chi connectivity index (χ1v) is 4.11. The van der Waals surface area contributed by atoms with Crippen LogP contribution in [-0.2, 0) is 11.0 Å². The molecule has 86 valence electrons. The van der Waals surface area contributed by atoms with E-state index < -0.39 is 23.2 Å². The van der Waals surface area contributed by atoms with E-state index in [1.165, 1.54) is 0 Å². The summed E-state index contributed by atoms with van der Waals surface area (Å²) in [6.07, 6.45) is -2.32. The first-order valence-electron chi connectivity index (χ1n) is 4.11. The Hall–Kier alpha value is -1.98. The fraction of sp³-hybridized carbons (Fsp3) is 0.100. The molecule has 6 heteroatoms. The lowest BCUT2D eigenvalue weighted by Crippen LogP contribution is -2.05. The first-order chi connectivity index (χ1) is 7.36. The van der Waals surface area contributed by atoms with Gasteiger partial charge in [0.1, 0.15) is 11.8 Å². The van der Waals surface area contributed by atoms with E-state index in [4.69, 9.17) is 10.2 Å². The number of hydrogen-bond donors (Lipinski definition) is 2. The van der Waals surface area contributed by atoms with E-state index in [2.05, 4.69) is 0 Å². The number of benzene rings is 1. The molecule has 0 bridgehead atoms. The highest BCUT2D eigenvalue weighted by atomic mass is 19.4. The Kier molecular flexibility index (Phi) is 3.22. The number of hydrogen-bond acceptors (Lipinski definition) is 3. The molecule has 1 rings (SSSR count). The van der Waals surface area contributed by atoms with Crippen molar-refractivity contribution in [2.75, 3.05) is 0 Å². The van der Waals surface area contributed by atoms with E-state index in [0.717, 1.165) is 18.2 Å². The monoisotopic (exact) mass is 232 g/mol. The van der Waals surface area contributed by atoms with Gasteiger partial charge >= 0.3 is 6.18 Å². The van der Waals surface area contributed by atoms with Gasteiger partial charge in [0.25, 0.3) is 0 Å². The van der Waals surface area contributed by atoms with Crippen molar-refractivity contribution in [2.45, 2.75) is 6.18 Å². The molecule has 0 aliphatic rings. The van der Waals surface area contributed by atoms with E-state index in [1.807, 2.05) is 0 Å². The second kappa shape index (κ2) is 4.26. The largest absolute Gasteiger partial charge is 0.504 e. The van der Waals surface area contributed by atoms with Crippen LogP contribution in [0.1, 0.15) is 11.1 Å². The van der Waals surface area contributed by atoms with Gasteiger partial charge in [0.2, 0.25) is 0 Å². The van der Waals surface area contributed by atoms with Gasteiger partial charge in [-0.05, 0) is 23.8 Å². The number of allylic oxidation sites excluding steroid dienone is 1. The molecule has 0 aliphatic carbocycles. The maximum atomic E-state index is 12.4. The van der Waals surface area contributed by atoms with Gasteiger partial charge in [0.05, 0.1) is 0 Å². The third kappa shape index (κ3) is 2.53. The number of carbonyl (C=O) groups excluding carboxylic acids is 1. The number of rotatable bonds is 2. The van der Waals surface area contributed by atoms with Crippen LogP contribution in [0.4, 0.5) is 13.2 Å². The Bertz CT molecular complexity index is 436. The molecular weight excluding hydrogens is 225 g/mol. The molecule has 0 radical (unpaired) electrons. The van der Waals surface area contributed by atoms with Gasteiger partial charge in [0, 0.05) is 0 Å². The Morgan fingerprint density at radius 2 is 1.81 bits per heavy atom. The van der Waals surface area contributed by atoms with Crippen LogP contribution in [0.3, 0.4) is 0 Å². The molecule has 0 fully saturated rings. The summed E-state index contributed by atoms with van der Waals surface area (Å²) in [7, 11) is 0. The summed E-state index contributed by atoms with van der Waals surface area (Å²) >= 11 is 0. The molecular formula is C10H7F3O3. The Labute approximate surface area is 88.4 Å². The molecule has 0 spiro atoms. The van der Waals surface area contributed by atoms with Crippen molar-refractivity contribution in [1.29, 1.82) is 0 Å². The highest BCUT2D eigenvalue weighted by Crippen LogP contribution is 2.41. The van der Waals surface area contributed by atoms with E-state index in [0.29, 0.717) is 12.4 Å². The Balaban J connectivity index is 3.33. The molecule has 2 N–H and O–H groups in total. The zero-order valence-corrected chi connectivity index (χ0v) is 7.82. The fourth-order valence-electron chi connectivity index (χ4n) is 1.10. The van der Waals surface area contributed by atoms with Crippen LogP contribution in [0.2, 0.25) is 0 Å². The SMILES string of the molecule is O=C/C=C/c1cc(O)c(O)c(C(F)(F)F)c1. The van der Waals surface area contributed by atoms with Gasteiger partial charge in [-0.1, -0.05) is 6.08 Å². The maximum absolute atomic E-state index is 12.4. The topological polar surface area (TPSA) is 57.5 Å². The highest BCUT2D eigenvalue weighted by Gasteiger charge is 2.35. The smallest absolute Gasteiger partial charge is 0.420 e. The number of alkyl halides is 3. The molecule has 3 nitrogen and oxygen atoms in total. The first kappa shape index (κ1) is 12.1. The third-order valence-electron chi connectivity index (χ3n) is 1.78. The minimum absolute atomic E-state index is 0.0327. The summed E-state index contributed by atoms with van der Waals surface area (Å²) < 4.78 is 37.1. The van der Waals surface area contributed by atoms with Crippen LogP contribution < -0.4 is 0 Å². The summed E-state index contributed by atoms with van der Waals surface area (Å²) in [5.41, 5.74) is -1.38. The molecule has 1 aromatic carbocycles. The van der Waals surface area contributed by atoms with Crippen LogP contribution in [-0.4, -0.2) is 16.5 Å². The number of phenols is 2. The van der Waals surface area contributed by atoms with Crippen LogP contribution >= 0.6 is 0 Å². The van der Waals surface area contributed by atoms with Crippen molar-refractivity contribution in [3.05, 3.63) is 29.3 Å². The molecule has 1 aromatic rings. The summed E-state index contributed by atoms with van der Waals surface area (Å²) in [6.45, 7) is 0. The van der Waals surface area contributed by atoms with Gasteiger partial charge in [-0.2, -0.15) is 13.2 Å². The second-order valence-corrected chi connectivity index (χ2v) is 2.93. The van der Waals surface area contributed by atoms with E-state index in [9.17, 15) is 18.0 Å². The quantitative estimate of drug-likeness (QED) is 0.467. The zero-order chi connectivity index (χ0) is 12.3. The van der Waals surface area contributed by atoms with Crippen molar-refractivity contribution >= 4 is 12.4 Å². The number of aromatic hydroxyl groups is 2. The van der Waals surface area contributed by atoms with Crippen molar-refractivity contribution in [2.24, 2.45) is 0 Å². The van der Waals surface area contributed by atoms with Gasteiger partial charge < -0.3 is 10.2 Å². The van der Waals surface area contributed by atoms with Crippen molar-refractivity contribution < 1.29 is 28.2 Å². The van der Waals surface area contributed by atoms with Crippen molar-refractivity contribution in [3.8, 4) is 11.5 Å². The number of carbonyl (C=O) groups is 1. The number of phenolic OH excluding ortho intramolecular Hbond substituents is 2. The second-order valence-electron chi connectivity index (χ2n) is 2.93. The molecule has 0 amide bonds. The van der Waals surface area contributed by atoms with E-state index >= 15 is 0 Å². The van der Waals surface area contributed by atoms with Crippen LogP contribution in [0.15, 0.2) is 18.2 Å². The molecule has 0 saturated heterocycles. The molecule has 0 atom stereocenters. The van der Waals surface area contributed by atoms with Gasteiger partial charge in [-0.3, -0.25) is 4.79 Å². The Morgan fingerprint density at radius 3 is 2.31 bits per heavy atom. The zero-order valence-electron chi connectivity index (χ0n) is 7.82. The van der Waals surface area contributed by atoms with Crippen LogP contribution in [0.25, 0.3) is 6.08 Å². The summed E-state index contributed by atoms with van der Waals surface area (Å²) in [5, 5.41) is 18.1. The minimum Gasteiger partial charge on any atom is -0.504 e. The lowest BCUT2D eigenvalue weighted by molar-refractivity contribution is -0.138. The summed E-state index contributed by atoms with van der Waals surface area (Å²) in [4.78, 5) is 9.99. The molecule has 0 aromatic heterocycles. The number of halogens is 3. The third-order valence-corrected chi connectivity index (χ3v) is 1.78. The van der Waals surface area contributed by atoms with Crippen molar-refractivity contribution in [1.82, 2.24) is 0 Å². The fourth-order valence-corrected chi connectivity index (χ4v) is 1.10. The average Bonchev–Trinajstić information content (AvgIpc) is 2.17. The average molecular weight is 232 g/mol. The maximum Gasteiger partial charge on any atom is 0.420 e. The predicted octanol–water partition coefficient (Wildman–Crippen LogP) is 2.33. The highest BCUT2D eigenvalue weighted by molar-refractivity contribution is 5.74. The predicted molar refractivity (Wildman–Crippen MR) is 49.9 cm³/mol. The van der Waals surface area contributed by atoms with Crippen molar-refractivity contribution in [3.63, 3.8) is 0 Å². The van der Waals surface area contributed by atoms with Crippen LogP contribution in [0.5, 0.6) is 11.5 Å².